The van der Waals surface area contributed by atoms with Crippen molar-refractivity contribution in [2.75, 3.05) is 0 Å². The second-order valence-corrected chi connectivity index (χ2v) is 7.45. The minimum atomic E-state index is -0.519. The van der Waals surface area contributed by atoms with Gasteiger partial charge in [0.05, 0.1) is 4.92 Å². The van der Waals surface area contributed by atoms with Crippen molar-refractivity contribution in [1.82, 2.24) is 9.36 Å². The third-order valence-electron chi connectivity index (χ3n) is 4.68. The maximum absolute atomic E-state index is 12.1. The summed E-state index contributed by atoms with van der Waals surface area (Å²) in [6.45, 7) is 0. The fraction of sp³-hybridized carbons (Fsp3) is 0.150. The van der Waals surface area contributed by atoms with E-state index in [1.54, 1.807) is 30.3 Å². The van der Waals surface area contributed by atoms with Crippen LogP contribution < -0.4 is 10.4 Å². The van der Waals surface area contributed by atoms with Gasteiger partial charge >= 0.3 is 5.63 Å². The lowest BCUT2D eigenvalue weighted by molar-refractivity contribution is -0.384. The third kappa shape index (κ3) is 3.47. The van der Waals surface area contributed by atoms with E-state index in [2.05, 4.69) is 9.36 Å². The molecule has 0 saturated heterocycles. The van der Waals surface area contributed by atoms with Gasteiger partial charge in [0.2, 0.25) is 0 Å². The number of ether oxygens (including phenoxy) is 1. The highest BCUT2D eigenvalue weighted by Crippen LogP contribution is 2.40. The molecule has 2 heterocycles. The van der Waals surface area contributed by atoms with Crippen molar-refractivity contribution in [3.8, 4) is 22.1 Å². The number of aromatic nitrogens is 2. The van der Waals surface area contributed by atoms with Crippen molar-refractivity contribution < 1.29 is 14.1 Å². The Labute approximate surface area is 167 Å². The molecule has 0 aliphatic heterocycles. The van der Waals surface area contributed by atoms with Gasteiger partial charge in [0.15, 0.2) is 0 Å². The summed E-state index contributed by atoms with van der Waals surface area (Å²) in [5, 5.41) is 12.0. The Hall–Kier alpha value is -3.59. The molecule has 1 fully saturated rings. The lowest BCUT2D eigenvalue weighted by Gasteiger charge is -2.07. The molecule has 0 amide bonds. The lowest BCUT2D eigenvalue weighted by Crippen LogP contribution is -1.98. The van der Waals surface area contributed by atoms with E-state index in [9.17, 15) is 14.9 Å². The summed E-state index contributed by atoms with van der Waals surface area (Å²) in [6.07, 6.45) is 2.23. The summed E-state index contributed by atoms with van der Waals surface area (Å²) < 4.78 is 15.4. The Morgan fingerprint density at radius 2 is 1.93 bits per heavy atom. The molecule has 0 N–H and O–H groups in total. The number of nitro benzene ring substituents is 1. The summed E-state index contributed by atoms with van der Waals surface area (Å²) in [5.41, 5.74) is 1.13. The largest absolute Gasteiger partial charge is 0.430 e. The number of hydrogen-bond donors (Lipinski definition) is 0. The first-order valence-corrected chi connectivity index (χ1v) is 9.68. The van der Waals surface area contributed by atoms with Crippen LogP contribution in [0.2, 0.25) is 0 Å². The molecule has 1 saturated carbocycles. The van der Waals surface area contributed by atoms with Crippen molar-refractivity contribution in [3.63, 3.8) is 0 Å². The van der Waals surface area contributed by atoms with Gasteiger partial charge in [-0.15, -0.1) is 0 Å². The van der Waals surface area contributed by atoms with Crippen molar-refractivity contribution in [1.29, 1.82) is 0 Å². The molecular formula is C20H13N3O5S. The van der Waals surface area contributed by atoms with E-state index in [4.69, 9.17) is 9.15 Å². The van der Waals surface area contributed by atoms with Crippen LogP contribution in [-0.4, -0.2) is 14.3 Å². The van der Waals surface area contributed by atoms with Crippen LogP contribution >= 0.6 is 11.5 Å². The molecule has 0 atom stereocenters. The molecule has 0 radical (unpaired) electrons. The molecular weight excluding hydrogens is 394 g/mol. The normalized spacial score (nSPS) is 13.5. The summed E-state index contributed by atoms with van der Waals surface area (Å²) >= 11 is 1.19. The topological polar surface area (TPSA) is 108 Å². The molecule has 1 aliphatic rings. The Balaban J connectivity index is 1.51. The van der Waals surface area contributed by atoms with Gasteiger partial charge in [-0.05, 0) is 48.2 Å². The fourth-order valence-corrected chi connectivity index (χ4v) is 3.71. The monoisotopic (exact) mass is 407 g/mol. The maximum Gasteiger partial charge on any atom is 0.336 e. The highest BCUT2D eigenvalue weighted by Gasteiger charge is 2.28. The van der Waals surface area contributed by atoms with Gasteiger partial charge in [-0.25, -0.2) is 4.79 Å². The molecule has 4 aromatic rings. The van der Waals surface area contributed by atoms with Crippen molar-refractivity contribution in [2.24, 2.45) is 0 Å². The van der Waals surface area contributed by atoms with Crippen LogP contribution in [0.15, 0.2) is 57.7 Å². The number of benzene rings is 2. The Bertz CT molecular complexity index is 1290. The van der Waals surface area contributed by atoms with Gasteiger partial charge in [0.1, 0.15) is 17.2 Å². The SMILES string of the molecule is O=c1cc(-c2ccc([N+](=O)[O-])cc2)c2ccc(Oc3nc(C4CC4)ns3)cc2o1. The number of nitro groups is 1. The summed E-state index contributed by atoms with van der Waals surface area (Å²) in [6, 6.07) is 12.6. The zero-order valence-electron chi connectivity index (χ0n) is 14.9. The molecule has 144 valence electrons. The standard InChI is InChI=1S/C20H13N3O5S/c24-18-10-16(11-3-5-13(6-4-11)23(25)26)15-8-7-14(9-17(15)28-18)27-20-21-19(22-29-20)12-1-2-12/h3-10,12H,1-2H2. The molecule has 9 heteroatoms. The molecule has 1 aliphatic carbocycles. The van der Waals surface area contributed by atoms with Crippen LogP contribution in [0.25, 0.3) is 22.1 Å². The van der Waals surface area contributed by atoms with Crippen LogP contribution in [0.4, 0.5) is 5.69 Å². The Kier molecular flexibility index (Phi) is 4.09. The van der Waals surface area contributed by atoms with Crippen molar-refractivity contribution >= 4 is 28.2 Å². The number of nitrogens with zero attached hydrogens (tertiary/aromatic N) is 3. The van der Waals surface area contributed by atoms with E-state index in [0.717, 1.165) is 18.7 Å². The molecule has 0 bridgehead atoms. The zero-order valence-corrected chi connectivity index (χ0v) is 15.7. The van der Waals surface area contributed by atoms with E-state index in [0.29, 0.717) is 39.0 Å². The van der Waals surface area contributed by atoms with Crippen molar-refractivity contribution in [2.45, 2.75) is 18.8 Å². The first kappa shape index (κ1) is 17.5. The first-order chi connectivity index (χ1) is 14.1. The number of rotatable bonds is 5. The summed E-state index contributed by atoms with van der Waals surface area (Å²) in [7, 11) is 0. The van der Waals surface area contributed by atoms with E-state index in [1.165, 1.54) is 29.7 Å². The van der Waals surface area contributed by atoms with Crippen LogP contribution in [0.3, 0.4) is 0 Å². The van der Waals surface area contributed by atoms with Gasteiger partial charge in [-0.2, -0.15) is 9.36 Å². The van der Waals surface area contributed by atoms with Gasteiger partial charge in [-0.3, -0.25) is 10.1 Å². The predicted octanol–water partition coefficient (Wildman–Crippen LogP) is 4.89. The van der Waals surface area contributed by atoms with Crippen LogP contribution in [0.1, 0.15) is 24.6 Å². The fourth-order valence-electron chi connectivity index (χ4n) is 3.08. The third-order valence-corrected chi connectivity index (χ3v) is 5.29. The molecule has 8 nitrogen and oxygen atoms in total. The van der Waals surface area contributed by atoms with Gasteiger partial charge < -0.3 is 9.15 Å². The smallest absolute Gasteiger partial charge is 0.336 e. The number of hydrogen-bond acceptors (Lipinski definition) is 8. The van der Waals surface area contributed by atoms with E-state index in [-0.39, 0.29) is 5.69 Å². The second-order valence-electron chi connectivity index (χ2n) is 6.74. The van der Waals surface area contributed by atoms with E-state index >= 15 is 0 Å². The van der Waals surface area contributed by atoms with E-state index in [1.807, 2.05) is 0 Å². The molecule has 5 rings (SSSR count). The van der Waals surface area contributed by atoms with Crippen LogP contribution in [0.5, 0.6) is 10.9 Å². The molecule has 29 heavy (non-hydrogen) atoms. The quantitative estimate of drug-likeness (QED) is 0.263. The Morgan fingerprint density at radius 1 is 1.14 bits per heavy atom. The minimum absolute atomic E-state index is 0.0145. The zero-order chi connectivity index (χ0) is 20.0. The predicted molar refractivity (Wildman–Crippen MR) is 107 cm³/mol. The highest BCUT2D eigenvalue weighted by molar-refractivity contribution is 7.07. The Morgan fingerprint density at radius 3 is 2.66 bits per heavy atom. The number of fused-ring (bicyclic) bond motifs is 1. The molecule has 0 unspecified atom stereocenters. The molecule has 2 aromatic carbocycles. The van der Waals surface area contributed by atoms with Crippen LogP contribution in [0, 0.1) is 10.1 Å². The van der Waals surface area contributed by atoms with Crippen LogP contribution in [-0.2, 0) is 0 Å². The summed E-state index contributed by atoms with van der Waals surface area (Å²) in [5.74, 6) is 1.75. The minimum Gasteiger partial charge on any atom is -0.430 e. The molecule has 0 spiro atoms. The average Bonchev–Trinajstić information content (AvgIpc) is 3.46. The molecule has 2 aromatic heterocycles. The van der Waals surface area contributed by atoms with Gasteiger partial charge in [-0.1, -0.05) is 0 Å². The second kappa shape index (κ2) is 6.78. The maximum atomic E-state index is 12.1. The van der Waals surface area contributed by atoms with E-state index < -0.39 is 10.5 Å². The number of non-ortho nitro benzene ring substituents is 1. The first-order valence-electron chi connectivity index (χ1n) is 8.91. The lowest BCUT2D eigenvalue weighted by atomic mass is 10.0. The van der Waals surface area contributed by atoms with Crippen molar-refractivity contribution in [3.05, 3.63) is 74.9 Å². The average molecular weight is 407 g/mol. The van der Waals surface area contributed by atoms with Gasteiger partial charge in [0, 0.05) is 47.1 Å². The highest BCUT2D eigenvalue weighted by atomic mass is 32.1. The van der Waals surface area contributed by atoms with Gasteiger partial charge in [0.25, 0.3) is 10.9 Å². The summed E-state index contributed by atoms with van der Waals surface area (Å²) in [4.78, 5) is 26.9.